The first-order valence-corrected chi connectivity index (χ1v) is 10.8. The smallest absolute Gasteiger partial charge is 0.256 e. The van der Waals surface area contributed by atoms with Gasteiger partial charge in [0.05, 0.1) is 5.69 Å². The summed E-state index contributed by atoms with van der Waals surface area (Å²) in [5.74, 6) is 0.845. The van der Waals surface area contributed by atoms with Crippen molar-refractivity contribution in [1.82, 2.24) is 35.0 Å². The number of aryl methyl sites for hydroxylation is 2. The Hall–Kier alpha value is -4.27. The third-order valence-electron chi connectivity index (χ3n) is 5.85. The highest BCUT2D eigenvalue weighted by Crippen LogP contribution is 2.30. The number of aromatic amines is 2. The number of hydrogen-bond donors (Lipinski definition) is 3. The fourth-order valence-corrected chi connectivity index (χ4v) is 4.24. The molecule has 0 atom stereocenters. The summed E-state index contributed by atoms with van der Waals surface area (Å²) in [6.07, 6.45) is 2.06. The molecule has 9 nitrogen and oxygen atoms in total. The first kappa shape index (κ1) is 20.6. The number of benzene rings is 2. The number of tetrazole rings is 1. The molecule has 5 rings (SSSR count). The number of rotatable bonds is 6. The first-order chi connectivity index (χ1) is 16.1. The maximum atomic E-state index is 12.9. The Morgan fingerprint density at radius 1 is 1.06 bits per heavy atom. The number of fused-ring (bicyclic) bond motifs is 1. The molecule has 2 aromatic carbocycles. The lowest BCUT2D eigenvalue weighted by molar-refractivity contribution is 0.452. The topological polar surface area (TPSA) is 125 Å². The van der Waals surface area contributed by atoms with E-state index >= 15 is 0 Å². The van der Waals surface area contributed by atoms with Gasteiger partial charge in [-0.05, 0) is 35.2 Å². The molecular formula is C24H23N7O2. The zero-order valence-electron chi connectivity index (χ0n) is 18.3. The van der Waals surface area contributed by atoms with E-state index in [9.17, 15) is 9.90 Å². The standard InChI is InChI=1S/C24H23N7O2/c1-3-6-20-19(23(33)26-24-25-22(32)14(2)31(20)24)13-15-9-11-16(12-10-15)17-7-4-5-8-18(17)21-27-29-30-28-21/h4-5,7-12,32H,3,6,13H2,1-2H3,(H,25,26,33)(H,27,28,29,30). The molecular weight excluding hydrogens is 418 g/mol. The van der Waals surface area contributed by atoms with Crippen LogP contribution in [0.4, 0.5) is 0 Å². The van der Waals surface area contributed by atoms with E-state index < -0.39 is 0 Å². The molecule has 0 saturated carbocycles. The molecule has 3 heterocycles. The molecule has 3 aromatic heterocycles. The van der Waals surface area contributed by atoms with Gasteiger partial charge in [-0.25, -0.2) is 0 Å². The SMILES string of the molecule is CCCc1c(Cc2ccc(-c3ccccc3-c3nn[nH]n3)cc2)c(=O)[nH]c2nc(O)c(C)n12. The molecule has 0 aliphatic heterocycles. The molecule has 0 aliphatic carbocycles. The van der Waals surface area contributed by atoms with Crippen LogP contribution >= 0.6 is 0 Å². The van der Waals surface area contributed by atoms with Crippen LogP contribution in [0, 0.1) is 6.92 Å². The van der Waals surface area contributed by atoms with Gasteiger partial charge in [0, 0.05) is 23.2 Å². The average molecular weight is 441 g/mol. The highest BCUT2D eigenvalue weighted by Gasteiger charge is 2.18. The number of imidazole rings is 1. The second kappa shape index (κ2) is 8.34. The summed E-state index contributed by atoms with van der Waals surface area (Å²) in [5.41, 5.74) is 5.94. The van der Waals surface area contributed by atoms with Crippen LogP contribution in [-0.4, -0.2) is 40.1 Å². The second-order valence-electron chi connectivity index (χ2n) is 7.96. The molecule has 0 amide bonds. The van der Waals surface area contributed by atoms with Crippen molar-refractivity contribution in [2.45, 2.75) is 33.1 Å². The van der Waals surface area contributed by atoms with Crippen LogP contribution in [0.15, 0.2) is 53.3 Å². The molecule has 9 heteroatoms. The average Bonchev–Trinajstić information content (AvgIpc) is 3.45. The fourth-order valence-electron chi connectivity index (χ4n) is 4.24. The zero-order chi connectivity index (χ0) is 22.9. The predicted octanol–water partition coefficient (Wildman–Crippen LogP) is 3.43. The Morgan fingerprint density at radius 2 is 1.82 bits per heavy atom. The number of nitrogens with one attached hydrogen (secondary N) is 2. The minimum atomic E-state index is -0.178. The summed E-state index contributed by atoms with van der Waals surface area (Å²) in [4.78, 5) is 19.8. The van der Waals surface area contributed by atoms with Crippen molar-refractivity contribution in [3.8, 4) is 28.4 Å². The Kier molecular flexibility index (Phi) is 5.21. The highest BCUT2D eigenvalue weighted by molar-refractivity contribution is 5.80. The van der Waals surface area contributed by atoms with Gasteiger partial charge in [0.25, 0.3) is 5.56 Å². The summed E-state index contributed by atoms with van der Waals surface area (Å²) in [6, 6.07) is 16.0. The third-order valence-corrected chi connectivity index (χ3v) is 5.85. The van der Waals surface area contributed by atoms with Crippen molar-refractivity contribution < 1.29 is 5.11 Å². The molecule has 0 radical (unpaired) electrons. The van der Waals surface area contributed by atoms with Crippen LogP contribution in [0.1, 0.15) is 35.9 Å². The number of aromatic hydroxyl groups is 1. The van der Waals surface area contributed by atoms with E-state index in [1.165, 1.54) is 0 Å². The van der Waals surface area contributed by atoms with Crippen molar-refractivity contribution in [1.29, 1.82) is 0 Å². The summed E-state index contributed by atoms with van der Waals surface area (Å²) in [5, 5.41) is 24.4. The van der Waals surface area contributed by atoms with Crippen LogP contribution in [0.25, 0.3) is 28.3 Å². The van der Waals surface area contributed by atoms with Crippen LogP contribution in [0.5, 0.6) is 5.88 Å². The minimum Gasteiger partial charge on any atom is -0.492 e. The van der Waals surface area contributed by atoms with Crippen molar-refractivity contribution in [3.05, 3.63) is 81.4 Å². The number of aromatic nitrogens is 7. The van der Waals surface area contributed by atoms with Gasteiger partial charge in [-0.15, -0.1) is 10.2 Å². The molecule has 0 aliphatic rings. The van der Waals surface area contributed by atoms with Gasteiger partial charge in [0.15, 0.2) is 0 Å². The van der Waals surface area contributed by atoms with Gasteiger partial charge in [-0.2, -0.15) is 10.2 Å². The largest absolute Gasteiger partial charge is 0.492 e. The molecule has 33 heavy (non-hydrogen) atoms. The van der Waals surface area contributed by atoms with Gasteiger partial charge in [-0.3, -0.25) is 14.2 Å². The van der Waals surface area contributed by atoms with E-state index in [-0.39, 0.29) is 11.4 Å². The van der Waals surface area contributed by atoms with Gasteiger partial charge in [0.1, 0.15) is 0 Å². The molecule has 0 fully saturated rings. The van der Waals surface area contributed by atoms with Gasteiger partial charge < -0.3 is 5.11 Å². The van der Waals surface area contributed by atoms with E-state index in [1.807, 2.05) is 52.9 Å². The lowest BCUT2D eigenvalue weighted by Gasteiger charge is -2.13. The second-order valence-corrected chi connectivity index (χ2v) is 7.96. The summed E-state index contributed by atoms with van der Waals surface area (Å²) in [6.45, 7) is 3.87. The first-order valence-electron chi connectivity index (χ1n) is 10.8. The quantitative estimate of drug-likeness (QED) is 0.371. The summed E-state index contributed by atoms with van der Waals surface area (Å²) < 4.78 is 1.85. The lowest BCUT2D eigenvalue weighted by Crippen LogP contribution is -2.20. The van der Waals surface area contributed by atoms with Gasteiger partial charge in [-0.1, -0.05) is 61.9 Å². The van der Waals surface area contributed by atoms with Crippen LogP contribution < -0.4 is 5.56 Å². The maximum absolute atomic E-state index is 12.9. The zero-order valence-corrected chi connectivity index (χ0v) is 18.3. The maximum Gasteiger partial charge on any atom is 0.256 e. The van der Waals surface area contributed by atoms with Crippen molar-refractivity contribution in [2.24, 2.45) is 0 Å². The van der Waals surface area contributed by atoms with E-state index in [2.05, 4.69) is 37.5 Å². The van der Waals surface area contributed by atoms with Crippen LogP contribution in [0.3, 0.4) is 0 Å². The molecule has 0 spiro atoms. The highest BCUT2D eigenvalue weighted by atomic mass is 16.3. The molecule has 166 valence electrons. The third kappa shape index (κ3) is 3.67. The van der Waals surface area contributed by atoms with Crippen LogP contribution in [0.2, 0.25) is 0 Å². The van der Waals surface area contributed by atoms with E-state index in [1.54, 1.807) is 6.92 Å². The number of H-pyrrole nitrogens is 2. The minimum absolute atomic E-state index is 0.0650. The van der Waals surface area contributed by atoms with E-state index in [0.29, 0.717) is 35.7 Å². The monoisotopic (exact) mass is 441 g/mol. The fraction of sp³-hybridized carbons (Fsp3) is 0.208. The Bertz CT molecular complexity index is 1480. The summed E-state index contributed by atoms with van der Waals surface area (Å²) in [7, 11) is 0. The normalized spacial score (nSPS) is 11.3. The van der Waals surface area contributed by atoms with Gasteiger partial charge >= 0.3 is 0 Å². The number of nitrogens with zero attached hydrogens (tertiary/aromatic N) is 5. The Labute approximate surface area is 189 Å². The Morgan fingerprint density at radius 3 is 2.52 bits per heavy atom. The lowest BCUT2D eigenvalue weighted by atomic mass is 9.96. The van der Waals surface area contributed by atoms with E-state index in [0.717, 1.165) is 34.4 Å². The molecule has 0 unspecified atom stereocenters. The molecule has 3 N–H and O–H groups in total. The summed E-state index contributed by atoms with van der Waals surface area (Å²) >= 11 is 0. The van der Waals surface area contributed by atoms with Crippen molar-refractivity contribution in [3.63, 3.8) is 0 Å². The van der Waals surface area contributed by atoms with Crippen LogP contribution in [-0.2, 0) is 12.8 Å². The molecule has 0 saturated heterocycles. The van der Waals surface area contributed by atoms with E-state index in [4.69, 9.17) is 0 Å². The van der Waals surface area contributed by atoms with Crippen molar-refractivity contribution >= 4 is 5.78 Å². The molecule has 0 bridgehead atoms. The molecule has 5 aromatic rings. The predicted molar refractivity (Wildman–Crippen MR) is 124 cm³/mol. The number of hydrogen-bond acceptors (Lipinski definition) is 6. The van der Waals surface area contributed by atoms with Gasteiger partial charge in [0.2, 0.25) is 17.5 Å². The Balaban J connectivity index is 1.53. The van der Waals surface area contributed by atoms with Crippen molar-refractivity contribution in [2.75, 3.05) is 0 Å².